The average Bonchev–Trinajstić information content (AvgIpc) is 1.88. The highest BCUT2D eigenvalue weighted by molar-refractivity contribution is 5.95. The van der Waals surface area contributed by atoms with E-state index in [2.05, 4.69) is 17.8 Å². The van der Waals surface area contributed by atoms with Crippen molar-refractivity contribution < 1.29 is 4.79 Å². The first kappa shape index (κ1) is 8.93. The minimum absolute atomic E-state index is 0.00949. The summed E-state index contributed by atoms with van der Waals surface area (Å²) < 4.78 is 0. The Balaban J connectivity index is 3.43. The van der Waals surface area contributed by atoms with Crippen molar-refractivity contribution >= 4 is 5.78 Å². The summed E-state index contributed by atoms with van der Waals surface area (Å²) in [6.07, 6.45) is 4.94. The molecule has 0 amide bonds. The predicted octanol–water partition coefficient (Wildman–Crippen LogP) is 0.354. The highest BCUT2D eigenvalue weighted by atomic mass is 16.1. The lowest BCUT2D eigenvalue weighted by Crippen LogP contribution is -2.23. The van der Waals surface area contributed by atoms with Crippen molar-refractivity contribution in [2.45, 2.75) is 6.92 Å². The Morgan fingerprint density at radius 1 is 1.80 bits per heavy atom. The molecule has 54 valence electrons. The molecule has 0 bridgehead atoms. The molecule has 0 aromatic carbocycles. The van der Waals surface area contributed by atoms with Crippen molar-refractivity contribution in [3.63, 3.8) is 0 Å². The quantitative estimate of drug-likeness (QED) is 0.344. The lowest BCUT2D eigenvalue weighted by atomic mass is 10.2. The summed E-state index contributed by atoms with van der Waals surface area (Å²) in [4.78, 5) is 10.8. The van der Waals surface area contributed by atoms with Crippen molar-refractivity contribution in [2.75, 3.05) is 13.1 Å². The van der Waals surface area contributed by atoms with Gasteiger partial charge in [-0.05, 0) is 12.5 Å². The second-order valence-corrected chi connectivity index (χ2v) is 2.01. The molecule has 0 saturated heterocycles. The molecule has 0 unspecified atom stereocenters. The van der Waals surface area contributed by atoms with Crippen LogP contribution in [0.5, 0.6) is 0 Å². The Morgan fingerprint density at radius 2 is 2.40 bits per heavy atom. The van der Waals surface area contributed by atoms with Gasteiger partial charge in [-0.3, -0.25) is 10.1 Å². The van der Waals surface area contributed by atoms with Crippen LogP contribution >= 0.6 is 0 Å². The van der Waals surface area contributed by atoms with E-state index >= 15 is 0 Å². The monoisotopic (exact) mass is 137 g/mol. The number of rotatable bonds is 4. The first-order chi connectivity index (χ1) is 4.68. The Bertz CT molecular complexity index is 176. The largest absolute Gasteiger partial charge is 0.299 e. The Morgan fingerprint density at radius 3 is 2.80 bits per heavy atom. The van der Waals surface area contributed by atoms with E-state index in [0.717, 1.165) is 0 Å². The third kappa shape index (κ3) is 3.88. The molecule has 0 atom stereocenters. The van der Waals surface area contributed by atoms with Gasteiger partial charge >= 0.3 is 0 Å². The summed E-state index contributed by atoms with van der Waals surface area (Å²) >= 11 is 0. The van der Waals surface area contributed by atoms with E-state index in [1.165, 1.54) is 0 Å². The standard InChI is InChI=1S/C8H11NO/c1-4-5-9-6-8(10)7(2)3/h1,9H,2,5-6H2,3H3. The molecule has 2 heteroatoms. The third-order valence-electron chi connectivity index (χ3n) is 0.989. The lowest BCUT2D eigenvalue weighted by molar-refractivity contribution is -0.114. The van der Waals surface area contributed by atoms with Gasteiger partial charge < -0.3 is 0 Å². The summed E-state index contributed by atoms with van der Waals surface area (Å²) in [6.45, 7) is 5.89. The van der Waals surface area contributed by atoms with Crippen LogP contribution in [0.15, 0.2) is 12.2 Å². The van der Waals surface area contributed by atoms with Gasteiger partial charge in [0.25, 0.3) is 0 Å². The molecule has 0 aromatic rings. The summed E-state index contributed by atoms with van der Waals surface area (Å²) in [5, 5.41) is 2.77. The van der Waals surface area contributed by atoms with Crippen LogP contribution in [0.2, 0.25) is 0 Å². The number of ketones is 1. The van der Waals surface area contributed by atoms with Gasteiger partial charge in [-0.25, -0.2) is 0 Å². The van der Waals surface area contributed by atoms with Crippen LogP contribution in [0.25, 0.3) is 0 Å². The lowest BCUT2D eigenvalue weighted by Gasteiger charge is -1.97. The molecule has 0 aromatic heterocycles. The molecular weight excluding hydrogens is 126 g/mol. The summed E-state index contributed by atoms with van der Waals surface area (Å²) in [5.41, 5.74) is 0.560. The van der Waals surface area contributed by atoms with E-state index in [-0.39, 0.29) is 5.78 Å². The smallest absolute Gasteiger partial charge is 0.171 e. The first-order valence-corrected chi connectivity index (χ1v) is 3.01. The third-order valence-corrected chi connectivity index (χ3v) is 0.989. The predicted molar refractivity (Wildman–Crippen MR) is 41.5 cm³/mol. The molecule has 1 N–H and O–H groups in total. The van der Waals surface area contributed by atoms with E-state index in [1.807, 2.05) is 0 Å². The minimum atomic E-state index is 0.00949. The van der Waals surface area contributed by atoms with Crippen molar-refractivity contribution in [1.29, 1.82) is 0 Å². The number of nitrogens with one attached hydrogen (secondary N) is 1. The minimum Gasteiger partial charge on any atom is -0.299 e. The van der Waals surface area contributed by atoms with Crippen LogP contribution in [0.1, 0.15) is 6.92 Å². The van der Waals surface area contributed by atoms with Gasteiger partial charge in [-0.2, -0.15) is 0 Å². The van der Waals surface area contributed by atoms with Crippen molar-refractivity contribution in [2.24, 2.45) is 0 Å². The molecule has 0 rings (SSSR count). The average molecular weight is 137 g/mol. The van der Waals surface area contributed by atoms with Crippen LogP contribution in [-0.4, -0.2) is 18.9 Å². The fourth-order valence-corrected chi connectivity index (χ4v) is 0.399. The molecule has 0 aliphatic carbocycles. The highest BCUT2D eigenvalue weighted by Crippen LogP contribution is 1.86. The van der Waals surface area contributed by atoms with Gasteiger partial charge in [0.15, 0.2) is 5.78 Å². The molecule has 10 heavy (non-hydrogen) atoms. The van der Waals surface area contributed by atoms with Crippen molar-refractivity contribution in [1.82, 2.24) is 5.32 Å². The molecule has 0 radical (unpaired) electrons. The molecular formula is C8H11NO. The number of Topliss-reactive ketones (excluding diaryl/α,β-unsaturated/α-hetero) is 1. The zero-order valence-electron chi connectivity index (χ0n) is 6.11. The number of hydrogen-bond donors (Lipinski definition) is 1. The number of terminal acetylenes is 1. The number of carbonyl (C=O) groups excluding carboxylic acids is 1. The van der Waals surface area contributed by atoms with Crippen LogP contribution in [0.3, 0.4) is 0 Å². The van der Waals surface area contributed by atoms with Gasteiger partial charge in [0.05, 0.1) is 13.1 Å². The number of hydrogen-bond acceptors (Lipinski definition) is 2. The normalized spacial score (nSPS) is 8.40. The first-order valence-electron chi connectivity index (χ1n) is 3.01. The maximum atomic E-state index is 10.8. The molecule has 0 aliphatic heterocycles. The molecule has 0 fully saturated rings. The number of carbonyl (C=O) groups is 1. The van der Waals surface area contributed by atoms with Crippen LogP contribution in [0, 0.1) is 12.3 Å². The molecule has 0 heterocycles. The summed E-state index contributed by atoms with van der Waals surface area (Å²) in [7, 11) is 0. The Kier molecular flexibility index (Phi) is 4.26. The SMILES string of the molecule is C#CCNCC(=O)C(=C)C. The Labute approximate surface area is 61.3 Å². The zero-order valence-corrected chi connectivity index (χ0v) is 6.11. The van der Waals surface area contributed by atoms with E-state index in [1.54, 1.807) is 6.92 Å². The highest BCUT2D eigenvalue weighted by Gasteiger charge is 1.98. The van der Waals surface area contributed by atoms with Gasteiger partial charge in [0, 0.05) is 0 Å². The summed E-state index contributed by atoms with van der Waals surface area (Å²) in [6, 6.07) is 0. The van der Waals surface area contributed by atoms with Gasteiger partial charge in [-0.1, -0.05) is 12.5 Å². The van der Waals surface area contributed by atoms with E-state index < -0.39 is 0 Å². The van der Waals surface area contributed by atoms with Crippen molar-refractivity contribution in [3.8, 4) is 12.3 Å². The maximum absolute atomic E-state index is 10.8. The van der Waals surface area contributed by atoms with E-state index in [0.29, 0.717) is 18.7 Å². The molecule has 2 nitrogen and oxygen atoms in total. The van der Waals surface area contributed by atoms with E-state index in [4.69, 9.17) is 6.42 Å². The molecule has 0 spiro atoms. The van der Waals surface area contributed by atoms with Crippen LogP contribution in [0.4, 0.5) is 0 Å². The second kappa shape index (κ2) is 4.78. The van der Waals surface area contributed by atoms with Gasteiger partial charge in [0.2, 0.25) is 0 Å². The van der Waals surface area contributed by atoms with Crippen LogP contribution in [-0.2, 0) is 4.79 Å². The zero-order chi connectivity index (χ0) is 7.98. The topological polar surface area (TPSA) is 29.1 Å². The Hall–Kier alpha value is -1.07. The fourth-order valence-electron chi connectivity index (χ4n) is 0.399. The molecule has 0 saturated carbocycles. The van der Waals surface area contributed by atoms with Gasteiger partial charge in [0.1, 0.15) is 0 Å². The second-order valence-electron chi connectivity index (χ2n) is 2.01. The van der Waals surface area contributed by atoms with Gasteiger partial charge in [-0.15, -0.1) is 6.42 Å². The van der Waals surface area contributed by atoms with Crippen LogP contribution < -0.4 is 5.32 Å². The summed E-state index contributed by atoms with van der Waals surface area (Å²) in [5.74, 6) is 2.38. The molecule has 0 aliphatic rings. The van der Waals surface area contributed by atoms with Crippen molar-refractivity contribution in [3.05, 3.63) is 12.2 Å². The van der Waals surface area contributed by atoms with E-state index in [9.17, 15) is 4.79 Å². The maximum Gasteiger partial charge on any atom is 0.171 e. The fraction of sp³-hybridized carbons (Fsp3) is 0.375.